The van der Waals surface area contributed by atoms with E-state index in [-0.39, 0.29) is 11.3 Å². The van der Waals surface area contributed by atoms with Gasteiger partial charge in [-0.15, -0.1) is 0 Å². The van der Waals surface area contributed by atoms with Gasteiger partial charge in [0.1, 0.15) is 11.6 Å². The molecule has 0 aliphatic heterocycles. The van der Waals surface area contributed by atoms with Crippen molar-refractivity contribution in [3.05, 3.63) is 100 Å². The van der Waals surface area contributed by atoms with Crippen LogP contribution in [0.3, 0.4) is 0 Å². The SMILES string of the molecule is Cc1cccc(-n2c(C=Cc3ccc(O)cc3)nc3ccccc3c2=O)c1. The Hall–Kier alpha value is -3.66. The Morgan fingerprint density at radius 2 is 1.70 bits per heavy atom. The van der Waals surface area contributed by atoms with Crippen molar-refractivity contribution in [2.24, 2.45) is 0 Å². The maximum atomic E-state index is 13.2. The van der Waals surface area contributed by atoms with Gasteiger partial charge in [0, 0.05) is 0 Å². The third kappa shape index (κ3) is 3.37. The predicted molar refractivity (Wildman–Crippen MR) is 109 cm³/mol. The second-order valence-corrected chi connectivity index (χ2v) is 6.39. The summed E-state index contributed by atoms with van der Waals surface area (Å²) in [4.78, 5) is 17.9. The molecule has 0 bridgehead atoms. The van der Waals surface area contributed by atoms with Gasteiger partial charge in [0.2, 0.25) is 0 Å². The lowest BCUT2D eigenvalue weighted by molar-refractivity contribution is 0.475. The van der Waals surface area contributed by atoms with Crippen LogP contribution in [0.25, 0.3) is 28.7 Å². The van der Waals surface area contributed by atoms with Gasteiger partial charge in [0.05, 0.1) is 16.6 Å². The van der Waals surface area contributed by atoms with E-state index in [0.29, 0.717) is 16.7 Å². The largest absolute Gasteiger partial charge is 0.508 e. The molecule has 27 heavy (non-hydrogen) atoms. The zero-order chi connectivity index (χ0) is 18.8. The molecule has 4 nitrogen and oxygen atoms in total. The summed E-state index contributed by atoms with van der Waals surface area (Å²) in [6, 6.07) is 22.0. The first-order valence-electron chi connectivity index (χ1n) is 8.68. The molecule has 0 fully saturated rings. The number of aryl methyl sites for hydroxylation is 1. The molecule has 0 saturated heterocycles. The minimum atomic E-state index is -0.100. The zero-order valence-electron chi connectivity index (χ0n) is 14.8. The van der Waals surface area contributed by atoms with Gasteiger partial charge in [-0.2, -0.15) is 0 Å². The van der Waals surface area contributed by atoms with Crippen molar-refractivity contribution < 1.29 is 5.11 Å². The van der Waals surface area contributed by atoms with Crippen LogP contribution in [0.15, 0.2) is 77.6 Å². The van der Waals surface area contributed by atoms with Gasteiger partial charge >= 0.3 is 0 Å². The van der Waals surface area contributed by atoms with Gasteiger partial charge in [-0.3, -0.25) is 9.36 Å². The molecule has 1 heterocycles. The topological polar surface area (TPSA) is 55.1 Å². The molecule has 4 rings (SSSR count). The van der Waals surface area contributed by atoms with E-state index >= 15 is 0 Å². The van der Waals surface area contributed by atoms with E-state index < -0.39 is 0 Å². The van der Waals surface area contributed by atoms with Gasteiger partial charge in [-0.05, 0) is 60.5 Å². The summed E-state index contributed by atoms with van der Waals surface area (Å²) in [5.74, 6) is 0.769. The molecular weight excluding hydrogens is 336 g/mol. The standard InChI is InChI=1S/C23H18N2O2/c1-16-5-4-6-18(15-16)25-22(14-11-17-9-12-19(26)13-10-17)24-21-8-3-2-7-20(21)23(25)27/h2-15,26H,1H3. The van der Waals surface area contributed by atoms with Crippen LogP contribution in [0.4, 0.5) is 0 Å². The molecule has 0 unspecified atom stereocenters. The molecule has 1 N–H and O–H groups in total. The number of fused-ring (bicyclic) bond motifs is 1. The molecule has 3 aromatic carbocycles. The molecular formula is C23H18N2O2. The number of phenolic OH excluding ortho intramolecular Hbond substituents is 1. The van der Waals surface area contributed by atoms with Gasteiger partial charge in [0.25, 0.3) is 5.56 Å². The highest BCUT2D eigenvalue weighted by Crippen LogP contribution is 2.17. The van der Waals surface area contributed by atoms with Crippen LogP contribution < -0.4 is 5.56 Å². The van der Waals surface area contributed by atoms with Crippen LogP contribution in [-0.2, 0) is 0 Å². The van der Waals surface area contributed by atoms with Crippen molar-refractivity contribution in [2.45, 2.75) is 6.92 Å². The molecule has 0 atom stereocenters. The fourth-order valence-corrected chi connectivity index (χ4v) is 3.03. The smallest absolute Gasteiger partial charge is 0.266 e. The monoisotopic (exact) mass is 354 g/mol. The van der Waals surface area contributed by atoms with Crippen LogP contribution in [0.5, 0.6) is 5.75 Å². The average Bonchev–Trinajstić information content (AvgIpc) is 2.68. The summed E-state index contributed by atoms with van der Waals surface area (Å²) in [7, 11) is 0. The van der Waals surface area contributed by atoms with Crippen LogP contribution in [0.1, 0.15) is 17.0 Å². The van der Waals surface area contributed by atoms with Gasteiger partial charge in [-0.25, -0.2) is 4.98 Å². The Morgan fingerprint density at radius 3 is 2.48 bits per heavy atom. The lowest BCUT2D eigenvalue weighted by Gasteiger charge is -2.12. The molecule has 4 aromatic rings. The van der Waals surface area contributed by atoms with E-state index in [1.807, 2.05) is 73.7 Å². The Morgan fingerprint density at radius 1 is 0.926 bits per heavy atom. The number of hydrogen-bond donors (Lipinski definition) is 1. The number of phenols is 1. The minimum absolute atomic E-state index is 0.100. The summed E-state index contributed by atoms with van der Waals surface area (Å²) in [6.45, 7) is 2.00. The summed E-state index contributed by atoms with van der Waals surface area (Å²) >= 11 is 0. The van der Waals surface area contributed by atoms with E-state index in [4.69, 9.17) is 4.98 Å². The number of rotatable bonds is 3. The molecule has 4 heteroatoms. The highest BCUT2D eigenvalue weighted by atomic mass is 16.3. The molecule has 132 valence electrons. The highest BCUT2D eigenvalue weighted by molar-refractivity contribution is 5.80. The number of aromatic nitrogens is 2. The molecule has 0 spiro atoms. The number of benzene rings is 3. The third-order valence-corrected chi connectivity index (χ3v) is 4.38. The van der Waals surface area contributed by atoms with Crippen LogP contribution >= 0.6 is 0 Å². The number of hydrogen-bond acceptors (Lipinski definition) is 3. The second kappa shape index (κ2) is 6.92. The van der Waals surface area contributed by atoms with E-state index in [9.17, 15) is 9.90 Å². The second-order valence-electron chi connectivity index (χ2n) is 6.39. The fraction of sp³-hybridized carbons (Fsp3) is 0.0435. The Balaban J connectivity index is 1.93. The van der Waals surface area contributed by atoms with E-state index in [0.717, 1.165) is 16.8 Å². The predicted octanol–water partition coefficient (Wildman–Crippen LogP) is 4.57. The maximum absolute atomic E-state index is 13.2. The third-order valence-electron chi connectivity index (χ3n) is 4.38. The molecule has 0 saturated carbocycles. The first kappa shape index (κ1) is 16.8. The highest BCUT2D eigenvalue weighted by Gasteiger charge is 2.11. The van der Waals surface area contributed by atoms with Crippen LogP contribution in [0.2, 0.25) is 0 Å². The molecule has 0 aliphatic rings. The summed E-state index contributed by atoms with van der Waals surface area (Å²) < 4.78 is 1.63. The first-order chi connectivity index (χ1) is 13.1. The van der Waals surface area contributed by atoms with Gasteiger partial charge < -0.3 is 5.11 Å². The Labute approximate surface area is 156 Å². The van der Waals surface area contributed by atoms with Crippen molar-refractivity contribution in [1.29, 1.82) is 0 Å². The van der Waals surface area contributed by atoms with Crippen molar-refractivity contribution in [2.75, 3.05) is 0 Å². The molecule has 1 aromatic heterocycles. The number of para-hydroxylation sites is 1. The first-order valence-corrected chi connectivity index (χ1v) is 8.68. The maximum Gasteiger partial charge on any atom is 0.266 e. The number of nitrogens with zero attached hydrogens (tertiary/aromatic N) is 2. The van der Waals surface area contributed by atoms with Crippen molar-refractivity contribution in [3.8, 4) is 11.4 Å². The Kier molecular flexibility index (Phi) is 4.30. The van der Waals surface area contributed by atoms with Gasteiger partial charge in [-0.1, -0.05) is 42.5 Å². The van der Waals surface area contributed by atoms with E-state index in [1.54, 1.807) is 22.8 Å². The normalized spacial score (nSPS) is 11.3. The van der Waals surface area contributed by atoms with E-state index in [2.05, 4.69) is 0 Å². The molecule has 0 radical (unpaired) electrons. The Bertz CT molecular complexity index is 1210. The molecule has 0 aliphatic carbocycles. The van der Waals surface area contributed by atoms with Crippen molar-refractivity contribution in [1.82, 2.24) is 9.55 Å². The quantitative estimate of drug-likeness (QED) is 0.586. The zero-order valence-corrected chi connectivity index (χ0v) is 14.8. The summed E-state index contributed by atoms with van der Waals surface area (Å²) in [5.41, 5.74) is 3.32. The van der Waals surface area contributed by atoms with Crippen LogP contribution in [-0.4, -0.2) is 14.7 Å². The minimum Gasteiger partial charge on any atom is -0.508 e. The van der Waals surface area contributed by atoms with Crippen molar-refractivity contribution in [3.63, 3.8) is 0 Å². The summed E-state index contributed by atoms with van der Waals surface area (Å²) in [5, 5.41) is 10.0. The number of aromatic hydroxyl groups is 1. The van der Waals surface area contributed by atoms with E-state index in [1.165, 1.54) is 0 Å². The van der Waals surface area contributed by atoms with Crippen LogP contribution in [0, 0.1) is 6.92 Å². The lowest BCUT2D eigenvalue weighted by atomic mass is 10.2. The van der Waals surface area contributed by atoms with Crippen molar-refractivity contribution >= 4 is 23.1 Å². The summed E-state index contributed by atoms with van der Waals surface area (Å²) in [6.07, 6.45) is 3.70. The average molecular weight is 354 g/mol. The lowest BCUT2D eigenvalue weighted by Crippen LogP contribution is -2.22. The van der Waals surface area contributed by atoms with Gasteiger partial charge in [0.15, 0.2) is 0 Å². The fourth-order valence-electron chi connectivity index (χ4n) is 3.03. The molecule has 0 amide bonds.